The van der Waals surface area contributed by atoms with Crippen LogP contribution < -0.4 is 0 Å². The first-order valence-corrected chi connectivity index (χ1v) is 5.31. The number of carbonyl (C=O) groups excluding carboxylic acids is 1. The molecule has 0 saturated carbocycles. The number of benzene rings is 1. The summed E-state index contributed by atoms with van der Waals surface area (Å²) >= 11 is 0. The van der Waals surface area contributed by atoms with Crippen molar-refractivity contribution in [2.45, 2.75) is 13.3 Å². The van der Waals surface area contributed by atoms with E-state index in [9.17, 15) is 4.79 Å². The second-order valence-electron chi connectivity index (χ2n) is 3.95. The molecule has 0 radical (unpaired) electrons. The number of hydrogen-bond donors (Lipinski definition) is 0. The van der Waals surface area contributed by atoms with E-state index >= 15 is 0 Å². The highest BCUT2D eigenvalue weighted by atomic mass is 16.2. The Morgan fingerprint density at radius 3 is 2.67 bits per heavy atom. The Labute approximate surface area is 90.2 Å². The molecule has 15 heavy (non-hydrogen) atoms. The van der Waals surface area contributed by atoms with Gasteiger partial charge in [0.1, 0.15) is 0 Å². The normalized spacial score (nSPS) is 21.5. The van der Waals surface area contributed by atoms with Crippen molar-refractivity contribution in [3.05, 3.63) is 42.1 Å². The monoisotopic (exact) mass is 201 g/mol. The van der Waals surface area contributed by atoms with Crippen molar-refractivity contribution >= 4 is 12.0 Å². The summed E-state index contributed by atoms with van der Waals surface area (Å²) in [4.78, 5) is 13.4. The van der Waals surface area contributed by atoms with Crippen molar-refractivity contribution in [3.63, 3.8) is 0 Å². The molecule has 0 aliphatic carbocycles. The molecule has 0 bridgehead atoms. The van der Waals surface area contributed by atoms with E-state index in [1.165, 1.54) is 0 Å². The topological polar surface area (TPSA) is 20.3 Å². The van der Waals surface area contributed by atoms with Crippen LogP contribution in [-0.4, -0.2) is 17.4 Å². The van der Waals surface area contributed by atoms with Gasteiger partial charge in [-0.05, 0) is 18.1 Å². The van der Waals surface area contributed by atoms with Gasteiger partial charge in [-0.2, -0.15) is 0 Å². The second-order valence-corrected chi connectivity index (χ2v) is 3.95. The van der Waals surface area contributed by atoms with Gasteiger partial charge in [0.2, 0.25) is 5.91 Å². The molecule has 1 fully saturated rings. The van der Waals surface area contributed by atoms with Crippen LogP contribution in [0.25, 0.3) is 6.08 Å². The standard InChI is InChI=1S/C13H15NO/c1-11-7-9-14(13(11)15)10-8-12-5-3-2-4-6-12/h2-6,8,10-11H,7,9H2,1H3/b10-8+. The van der Waals surface area contributed by atoms with Gasteiger partial charge in [0.25, 0.3) is 0 Å². The smallest absolute Gasteiger partial charge is 0.229 e. The van der Waals surface area contributed by atoms with Gasteiger partial charge in [0, 0.05) is 18.7 Å². The van der Waals surface area contributed by atoms with Crippen LogP contribution in [0.5, 0.6) is 0 Å². The fourth-order valence-corrected chi connectivity index (χ4v) is 1.74. The van der Waals surface area contributed by atoms with Crippen molar-refractivity contribution in [2.24, 2.45) is 5.92 Å². The van der Waals surface area contributed by atoms with E-state index in [4.69, 9.17) is 0 Å². The van der Waals surface area contributed by atoms with Crippen LogP contribution in [-0.2, 0) is 4.79 Å². The highest BCUT2D eigenvalue weighted by Crippen LogP contribution is 2.17. The average molecular weight is 201 g/mol. The fraction of sp³-hybridized carbons (Fsp3) is 0.308. The van der Waals surface area contributed by atoms with Crippen LogP contribution >= 0.6 is 0 Å². The minimum absolute atomic E-state index is 0.186. The number of nitrogens with zero attached hydrogens (tertiary/aromatic N) is 1. The quantitative estimate of drug-likeness (QED) is 0.720. The zero-order valence-electron chi connectivity index (χ0n) is 8.89. The maximum absolute atomic E-state index is 11.6. The summed E-state index contributed by atoms with van der Waals surface area (Å²) in [6.07, 6.45) is 4.84. The lowest BCUT2D eigenvalue weighted by Crippen LogP contribution is -2.20. The van der Waals surface area contributed by atoms with Crippen molar-refractivity contribution < 1.29 is 4.79 Å². The first kappa shape index (κ1) is 9.97. The molecule has 0 N–H and O–H groups in total. The van der Waals surface area contributed by atoms with Crippen LogP contribution in [0.2, 0.25) is 0 Å². The van der Waals surface area contributed by atoms with Gasteiger partial charge in [-0.3, -0.25) is 4.79 Å². The lowest BCUT2D eigenvalue weighted by molar-refractivity contribution is -0.128. The lowest BCUT2D eigenvalue weighted by Gasteiger charge is -2.09. The molecule has 1 aromatic carbocycles. The molecule has 1 aromatic rings. The first-order chi connectivity index (χ1) is 7.27. The Balaban J connectivity index is 2.04. The Morgan fingerprint density at radius 1 is 1.33 bits per heavy atom. The molecule has 0 aromatic heterocycles. The number of rotatable bonds is 2. The predicted octanol–water partition coefficient (Wildman–Crippen LogP) is 2.53. The average Bonchev–Trinajstić information content (AvgIpc) is 2.59. The molecule has 1 heterocycles. The van der Waals surface area contributed by atoms with Gasteiger partial charge in [0.15, 0.2) is 0 Å². The number of hydrogen-bond acceptors (Lipinski definition) is 1. The predicted molar refractivity (Wildman–Crippen MR) is 61.0 cm³/mol. The molecule has 0 spiro atoms. The molecule has 2 nitrogen and oxygen atoms in total. The molecule has 1 unspecified atom stereocenters. The molecule has 2 rings (SSSR count). The van der Waals surface area contributed by atoms with E-state index in [2.05, 4.69) is 0 Å². The summed E-state index contributed by atoms with van der Waals surface area (Å²) in [5.74, 6) is 0.424. The van der Waals surface area contributed by atoms with E-state index in [1.807, 2.05) is 49.5 Å². The number of likely N-dealkylation sites (tertiary alicyclic amines) is 1. The van der Waals surface area contributed by atoms with Gasteiger partial charge >= 0.3 is 0 Å². The lowest BCUT2D eigenvalue weighted by atomic mass is 10.1. The van der Waals surface area contributed by atoms with E-state index in [0.29, 0.717) is 0 Å². The highest BCUT2D eigenvalue weighted by Gasteiger charge is 2.25. The third-order valence-electron chi connectivity index (χ3n) is 2.75. The summed E-state index contributed by atoms with van der Waals surface area (Å²) in [6.45, 7) is 2.84. The third-order valence-corrected chi connectivity index (χ3v) is 2.75. The molecular formula is C13H15NO. The maximum atomic E-state index is 11.6. The van der Waals surface area contributed by atoms with Crippen molar-refractivity contribution in [3.8, 4) is 0 Å². The minimum Gasteiger partial charge on any atom is -0.319 e. The number of carbonyl (C=O) groups is 1. The van der Waals surface area contributed by atoms with Gasteiger partial charge in [-0.25, -0.2) is 0 Å². The van der Waals surface area contributed by atoms with Crippen LogP contribution in [0.3, 0.4) is 0 Å². The zero-order chi connectivity index (χ0) is 10.7. The van der Waals surface area contributed by atoms with Gasteiger partial charge in [-0.15, -0.1) is 0 Å². The highest BCUT2D eigenvalue weighted by molar-refractivity contribution is 5.82. The summed E-state index contributed by atoms with van der Waals surface area (Å²) in [7, 11) is 0. The summed E-state index contributed by atoms with van der Waals surface area (Å²) < 4.78 is 0. The third kappa shape index (κ3) is 2.27. The van der Waals surface area contributed by atoms with E-state index < -0.39 is 0 Å². The Bertz CT molecular complexity index is 369. The fourth-order valence-electron chi connectivity index (χ4n) is 1.74. The van der Waals surface area contributed by atoms with E-state index in [-0.39, 0.29) is 11.8 Å². The molecule has 1 saturated heterocycles. The molecule has 1 aliphatic rings. The van der Waals surface area contributed by atoms with Crippen molar-refractivity contribution in [2.75, 3.05) is 6.54 Å². The second kappa shape index (κ2) is 4.30. The Morgan fingerprint density at radius 2 is 2.07 bits per heavy atom. The van der Waals surface area contributed by atoms with E-state index in [1.54, 1.807) is 4.90 Å². The van der Waals surface area contributed by atoms with E-state index in [0.717, 1.165) is 18.5 Å². The van der Waals surface area contributed by atoms with Crippen LogP contribution in [0.1, 0.15) is 18.9 Å². The summed E-state index contributed by atoms with van der Waals surface area (Å²) in [5.41, 5.74) is 1.13. The van der Waals surface area contributed by atoms with Gasteiger partial charge in [0.05, 0.1) is 0 Å². The molecule has 1 aliphatic heterocycles. The molecule has 1 atom stereocenters. The van der Waals surface area contributed by atoms with Crippen LogP contribution in [0.15, 0.2) is 36.5 Å². The SMILES string of the molecule is CC1CCN(/C=C/c2ccccc2)C1=O. The Hall–Kier alpha value is -1.57. The Kier molecular flexibility index (Phi) is 2.86. The summed E-state index contributed by atoms with van der Waals surface area (Å²) in [6, 6.07) is 10.0. The molecular weight excluding hydrogens is 186 g/mol. The van der Waals surface area contributed by atoms with Gasteiger partial charge in [-0.1, -0.05) is 37.3 Å². The van der Waals surface area contributed by atoms with Crippen molar-refractivity contribution in [1.82, 2.24) is 4.90 Å². The molecule has 1 amide bonds. The van der Waals surface area contributed by atoms with Crippen LogP contribution in [0.4, 0.5) is 0 Å². The summed E-state index contributed by atoms with van der Waals surface area (Å²) in [5, 5.41) is 0. The molecule has 2 heteroatoms. The molecule has 78 valence electrons. The van der Waals surface area contributed by atoms with Crippen LogP contribution in [0, 0.1) is 5.92 Å². The largest absolute Gasteiger partial charge is 0.319 e. The van der Waals surface area contributed by atoms with Gasteiger partial charge < -0.3 is 4.90 Å². The maximum Gasteiger partial charge on any atom is 0.229 e. The zero-order valence-corrected chi connectivity index (χ0v) is 8.89. The minimum atomic E-state index is 0.186. The first-order valence-electron chi connectivity index (χ1n) is 5.31. The number of amides is 1. The van der Waals surface area contributed by atoms with Crippen molar-refractivity contribution in [1.29, 1.82) is 0 Å².